The molecule has 0 bridgehead atoms. The van der Waals surface area contributed by atoms with Crippen LogP contribution in [0.5, 0.6) is 0 Å². The van der Waals surface area contributed by atoms with Crippen molar-refractivity contribution in [3.8, 4) is 0 Å². The van der Waals surface area contributed by atoms with Gasteiger partial charge in [0.1, 0.15) is 0 Å². The molecule has 0 spiro atoms. The summed E-state index contributed by atoms with van der Waals surface area (Å²) in [5.41, 5.74) is 4.19. The van der Waals surface area contributed by atoms with E-state index < -0.39 is 0 Å². The summed E-state index contributed by atoms with van der Waals surface area (Å²) in [6.45, 7) is 4.03. The third kappa shape index (κ3) is 1.90. The van der Waals surface area contributed by atoms with E-state index in [4.69, 9.17) is 23.2 Å². The van der Waals surface area contributed by atoms with Crippen LogP contribution in [0.15, 0.2) is 18.2 Å². The Morgan fingerprint density at radius 3 is 2.69 bits per heavy atom. The number of rotatable bonds is 2. The molecule has 1 aromatic heterocycles. The number of aryl methyl sites for hydroxylation is 2. The molecule has 0 radical (unpaired) electrons. The van der Waals surface area contributed by atoms with Gasteiger partial charge in [0.2, 0.25) is 0 Å². The van der Waals surface area contributed by atoms with E-state index in [1.165, 1.54) is 0 Å². The Morgan fingerprint density at radius 2 is 2.00 bits per heavy atom. The molecule has 0 unspecified atom stereocenters. The van der Waals surface area contributed by atoms with Gasteiger partial charge in [0.05, 0.1) is 10.5 Å². The summed E-state index contributed by atoms with van der Waals surface area (Å²) in [6, 6.07) is 6.06. The SMILES string of the molecule is Cc1nc2c(C)cccc2c(Cl)c1CCCl. The molecule has 0 N–H and O–H groups in total. The summed E-state index contributed by atoms with van der Waals surface area (Å²) in [4.78, 5) is 4.61. The van der Waals surface area contributed by atoms with Gasteiger partial charge >= 0.3 is 0 Å². The molecule has 1 aromatic carbocycles. The van der Waals surface area contributed by atoms with E-state index in [9.17, 15) is 0 Å². The summed E-state index contributed by atoms with van der Waals surface area (Å²) in [7, 11) is 0. The van der Waals surface area contributed by atoms with Crippen molar-refractivity contribution in [2.24, 2.45) is 0 Å². The predicted molar refractivity (Wildman–Crippen MR) is 70.7 cm³/mol. The van der Waals surface area contributed by atoms with Gasteiger partial charge in [0.15, 0.2) is 0 Å². The number of hydrogen-bond acceptors (Lipinski definition) is 1. The highest BCUT2D eigenvalue weighted by atomic mass is 35.5. The van der Waals surface area contributed by atoms with Crippen molar-refractivity contribution in [3.05, 3.63) is 40.0 Å². The Kier molecular flexibility index (Phi) is 3.36. The lowest BCUT2D eigenvalue weighted by Crippen LogP contribution is -1.98. The first kappa shape index (κ1) is 11.7. The molecule has 0 atom stereocenters. The molecule has 0 saturated heterocycles. The van der Waals surface area contributed by atoms with Crippen LogP contribution in [0.3, 0.4) is 0 Å². The standard InChI is InChI=1S/C13H13Cl2N/c1-8-4-3-5-11-12(15)10(6-7-14)9(2)16-13(8)11/h3-5H,6-7H2,1-2H3. The number of halogens is 2. The Balaban J connectivity index is 2.78. The molecule has 1 nitrogen and oxygen atoms in total. The first-order valence-electron chi connectivity index (χ1n) is 5.25. The molecule has 0 aliphatic heterocycles. The van der Waals surface area contributed by atoms with Crippen molar-refractivity contribution in [3.63, 3.8) is 0 Å². The maximum absolute atomic E-state index is 6.40. The van der Waals surface area contributed by atoms with Crippen molar-refractivity contribution in [1.82, 2.24) is 4.98 Å². The molecule has 1 heterocycles. The predicted octanol–water partition coefficient (Wildman–Crippen LogP) is 4.29. The molecule has 84 valence electrons. The zero-order valence-corrected chi connectivity index (χ0v) is 10.9. The zero-order valence-electron chi connectivity index (χ0n) is 9.35. The van der Waals surface area contributed by atoms with Crippen molar-refractivity contribution < 1.29 is 0 Å². The van der Waals surface area contributed by atoms with Gasteiger partial charge in [-0.1, -0.05) is 29.8 Å². The van der Waals surface area contributed by atoms with E-state index >= 15 is 0 Å². The van der Waals surface area contributed by atoms with Crippen LogP contribution >= 0.6 is 23.2 Å². The third-order valence-electron chi connectivity index (χ3n) is 2.80. The van der Waals surface area contributed by atoms with Crippen molar-refractivity contribution >= 4 is 34.1 Å². The number of para-hydroxylation sites is 1. The van der Waals surface area contributed by atoms with Gasteiger partial charge in [0, 0.05) is 17.0 Å². The first-order chi connectivity index (χ1) is 7.65. The fourth-order valence-electron chi connectivity index (χ4n) is 1.93. The smallest absolute Gasteiger partial charge is 0.0749 e. The summed E-state index contributed by atoms with van der Waals surface area (Å²) in [5.74, 6) is 0.569. The highest BCUT2D eigenvalue weighted by Gasteiger charge is 2.11. The van der Waals surface area contributed by atoms with Gasteiger partial charge in [0.25, 0.3) is 0 Å². The Labute approximate surface area is 105 Å². The number of alkyl halides is 1. The fraction of sp³-hybridized carbons (Fsp3) is 0.308. The van der Waals surface area contributed by atoms with Crippen LogP contribution < -0.4 is 0 Å². The summed E-state index contributed by atoms with van der Waals surface area (Å²) < 4.78 is 0. The second-order valence-corrected chi connectivity index (χ2v) is 4.66. The minimum absolute atomic E-state index is 0.569. The number of pyridine rings is 1. The second-order valence-electron chi connectivity index (χ2n) is 3.90. The van der Waals surface area contributed by atoms with Crippen molar-refractivity contribution in [2.75, 3.05) is 5.88 Å². The topological polar surface area (TPSA) is 12.9 Å². The number of benzene rings is 1. The molecule has 0 amide bonds. The monoisotopic (exact) mass is 253 g/mol. The molecule has 2 aromatic rings. The number of hydrogen-bond donors (Lipinski definition) is 0. The average Bonchev–Trinajstić information content (AvgIpc) is 2.26. The largest absolute Gasteiger partial charge is 0.252 e. The van der Waals surface area contributed by atoms with Gasteiger partial charge < -0.3 is 0 Å². The van der Waals surface area contributed by atoms with E-state index in [1.807, 2.05) is 32.0 Å². The van der Waals surface area contributed by atoms with Gasteiger partial charge in [-0.15, -0.1) is 11.6 Å². The molecule has 0 aliphatic rings. The summed E-state index contributed by atoms with van der Waals surface area (Å²) in [6.07, 6.45) is 0.767. The van der Waals surface area contributed by atoms with E-state index in [1.54, 1.807) is 0 Å². The lowest BCUT2D eigenvalue weighted by atomic mass is 10.0. The van der Waals surface area contributed by atoms with Gasteiger partial charge in [-0.25, -0.2) is 0 Å². The maximum Gasteiger partial charge on any atom is 0.0749 e. The van der Waals surface area contributed by atoms with Gasteiger partial charge in [-0.3, -0.25) is 4.98 Å². The van der Waals surface area contributed by atoms with Crippen molar-refractivity contribution in [2.45, 2.75) is 20.3 Å². The lowest BCUT2D eigenvalue weighted by Gasteiger charge is -2.11. The summed E-state index contributed by atoms with van der Waals surface area (Å²) in [5, 5.41) is 1.82. The van der Waals surface area contributed by atoms with Crippen LogP contribution in [-0.4, -0.2) is 10.9 Å². The van der Waals surface area contributed by atoms with Crippen LogP contribution in [0.1, 0.15) is 16.8 Å². The second kappa shape index (κ2) is 4.60. The molecule has 2 rings (SSSR count). The van der Waals surface area contributed by atoms with Gasteiger partial charge in [-0.2, -0.15) is 0 Å². The molecule has 3 heteroatoms. The molecule has 0 aliphatic carbocycles. The van der Waals surface area contributed by atoms with E-state index in [2.05, 4.69) is 4.98 Å². The van der Waals surface area contributed by atoms with Crippen LogP contribution in [0.2, 0.25) is 5.02 Å². The highest BCUT2D eigenvalue weighted by molar-refractivity contribution is 6.36. The number of fused-ring (bicyclic) bond motifs is 1. The van der Waals surface area contributed by atoms with E-state index in [0.717, 1.165) is 39.2 Å². The zero-order chi connectivity index (χ0) is 11.7. The summed E-state index contributed by atoms with van der Waals surface area (Å²) >= 11 is 12.2. The lowest BCUT2D eigenvalue weighted by molar-refractivity contribution is 1.07. The number of nitrogens with zero attached hydrogens (tertiary/aromatic N) is 1. The van der Waals surface area contributed by atoms with E-state index in [-0.39, 0.29) is 0 Å². The first-order valence-corrected chi connectivity index (χ1v) is 6.16. The Morgan fingerprint density at radius 1 is 1.25 bits per heavy atom. The average molecular weight is 254 g/mol. The Bertz CT molecular complexity index is 535. The molecule has 0 saturated carbocycles. The van der Waals surface area contributed by atoms with Gasteiger partial charge in [-0.05, 0) is 31.4 Å². The normalized spacial score (nSPS) is 11.0. The number of aromatic nitrogens is 1. The quantitative estimate of drug-likeness (QED) is 0.728. The minimum atomic E-state index is 0.569. The van der Waals surface area contributed by atoms with Crippen molar-refractivity contribution in [1.29, 1.82) is 0 Å². The van der Waals surface area contributed by atoms with Crippen LogP contribution in [-0.2, 0) is 6.42 Å². The van der Waals surface area contributed by atoms with Crippen LogP contribution in [0.25, 0.3) is 10.9 Å². The fourth-order valence-corrected chi connectivity index (χ4v) is 2.50. The molecule has 16 heavy (non-hydrogen) atoms. The molecular weight excluding hydrogens is 241 g/mol. The highest BCUT2D eigenvalue weighted by Crippen LogP contribution is 2.30. The van der Waals surface area contributed by atoms with Crippen LogP contribution in [0, 0.1) is 13.8 Å². The maximum atomic E-state index is 6.40. The Hall–Kier alpha value is -0.790. The third-order valence-corrected chi connectivity index (χ3v) is 3.42. The van der Waals surface area contributed by atoms with E-state index in [0.29, 0.717) is 5.88 Å². The minimum Gasteiger partial charge on any atom is -0.252 e. The van der Waals surface area contributed by atoms with Crippen LogP contribution in [0.4, 0.5) is 0 Å². The molecular formula is C13H13Cl2N. The molecule has 0 fully saturated rings.